The second kappa shape index (κ2) is 6.47. The van der Waals surface area contributed by atoms with E-state index in [9.17, 15) is 9.18 Å². The number of nitrogens with one attached hydrogen (secondary N) is 1. The van der Waals surface area contributed by atoms with Crippen LogP contribution in [0, 0.1) is 5.82 Å². The van der Waals surface area contributed by atoms with Crippen molar-refractivity contribution in [3.63, 3.8) is 0 Å². The maximum Gasteiger partial charge on any atom is 0.251 e. The first-order valence-electron chi connectivity index (χ1n) is 5.87. The molecule has 0 aliphatic rings. The molecule has 1 aromatic heterocycles. The molecule has 0 aliphatic heterocycles. The van der Waals surface area contributed by atoms with E-state index in [0.717, 1.165) is 13.0 Å². The van der Waals surface area contributed by atoms with Crippen molar-refractivity contribution in [2.75, 3.05) is 6.54 Å². The van der Waals surface area contributed by atoms with E-state index < -0.39 is 0 Å². The molecular weight excluding hydrogens is 313 g/mol. The number of aromatic nitrogens is 2. The minimum absolute atomic E-state index is 0.207. The van der Waals surface area contributed by atoms with Crippen LogP contribution in [0.2, 0.25) is 0 Å². The van der Waals surface area contributed by atoms with Gasteiger partial charge in [-0.25, -0.2) is 4.39 Å². The molecule has 19 heavy (non-hydrogen) atoms. The van der Waals surface area contributed by atoms with Crippen LogP contribution < -0.4 is 5.32 Å². The van der Waals surface area contributed by atoms with E-state index in [2.05, 4.69) is 26.3 Å². The van der Waals surface area contributed by atoms with Crippen LogP contribution in [0.5, 0.6) is 0 Å². The van der Waals surface area contributed by atoms with Crippen molar-refractivity contribution in [3.05, 3.63) is 52.5 Å². The Hall–Kier alpha value is -1.69. The van der Waals surface area contributed by atoms with Gasteiger partial charge in [0.25, 0.3) is 5.91 Å². The molecule has 2 aromatic rings. The van der Waals surface area contributed by atoms with Crippen molar-refractivity contribution in [2.45, 2.75) is 13.0 Å². The molecule has 0 saturated carbocycles. The SMILES string of the molecule is O=C(NCCCn1cccn1)c1ccc(F)c(Br)c1. The fourth-order valence-corrected chi connectivity index (χ4v) is 1.99. The summed E-state index contributed by atoms with van der Waals surface area (Å²) in [6.07, 6.45) is 4.38. The van der Waals surface area contributed by atoms with Crippen molar-refractivity contribution >= 4 is 21.8 Å². The normalized spacial score (nSPS) is 10.4. The van der Waals surface area contributed by atoms with Gasteiger partial charge in [0, 0.05) is 31.0 Å². The number of carbonyl (C=O) groups is 1. The van der Waals surface area contributed by atoms with Crippen LogP contribution in [0.1, 0.15) is 16.8 Å². The third-order valence-electron chi connectivity index (χ3n) is 2.59. The predicted molar refractivity (Wildman–Crippen MR) is 73.3 cm³/mol. The summed E-state index contributed by atoms with van der Waals surface area (Å²) in [4.78, 5) is 11.8. The monoisotopic (exact) mass is 325 g/mol. The standard InChI is InChI=1S/C13H13BrFN3O/c14-11-9-10(3-4-12(11)15)13(19)16-5-1-7-18-8-2-6-17-18/h2-4,6,8-9H,1,5,7H2,(H,16,19). The summed E-state index contributed by atoms with van der Waals surface area (Å²) in [5.74, 6) is -0.587. The van der Waals surface area contributed by atoms with Crippen molar-refractivity contribution in [2.24, 2.45) is 0 Å². The van der Waals surface area contributed by atoms with Gasteiger partial charge < -0.3 is 5.32 Å². The number of hydrogen-bond donors (Lipinski definition) is 1. The molecule has 0 atom stereocenters. The van der Waals surface area contributed by atoms with Crippen molar-refractivity contribution in [3.8, 4) is 0 Å². The van der Waals surface area contributed by atoms with E-state index in [-0.39, 0.29) is 16.2 Å². The van der Waals surface area contributed by atoms with E-state index in [4.69, 9.17) is 0 Å². The Morgan fingerprint density at radius 3 is 3.00 bits per heavy atom. The maximum absolute atomic E-state index is 13.0. The number of halogens is 2. The van der Waals surface area contributed by atoms with Gasteiger partial charge in [-0.1, -0.05) is 0 Å². The Morgan fingerprint density at radius 2 is 2.32 bits per heavy atom. The molecule has 0 unspecified atom stereocenters. The number of rotatable bonds is 5. The smallest absolute Gasteiger partial charge is 0.251 e. The highest BCUT2D eigenvalue weighted by molar-refractivity contribution is 9.10. The molecule has 0 aliphatic carbocycles. The van der Waals surface area contributed by atoms with E-state index in [1.54, 1.807) is 10.9 Å². The molecule has 1 aromatic carbocycles. The molecule has 1 N–H and O–H groups in total. The van der Waals surface area contributed by atoms with Gasteiger partial charge in [-0.05, 0) is 46.6 Å². The third kappa shape index (κ3) is 3.89. The van der Waals surface area contributed by atoms with Gasteiger partial charge in [0.1, 0.15) is 5.82 Å². The molecule has 6 heteroatoms. The molecule has 0 radical (unpaired) electrons. The second-order valence-electron chi connectivity index (χ2n) is 4.01. The number of amides is 1. The lowest BCUT2D eigenvalue weighted by atomic mass is 10.2. The molecule has 4 nitrogen and oxygen atoms in total. The Bertz CT molecular complexity index is 557. The Labute approximate surface area is 118 Å². The topological polar surface area (TPSA) is 46.9 Å². The summed E-state index contributed by atoms with van der Waals surface area (Å²) in [6.45, 7) is 1.30. The van der Waals surface area contributed by atoms with Crippen LogP contribution in [0.25, 0.3) is 0 Å². The molecule has 1 heterocycles. The van der Waals surface area contributed by atoms with Gasteiger partial charge in [-0.3, -0.25) is 9.48 Å². The lowest BCUT2D eigenvalue weighted by Gasteiger charge is -2.06. The van der Waals surface area contributed by atoms with Crippen molar-refractivity contribution in [1.29, 1.82) is 0 Å². The summed E-state index contributed by atoms with van der Waals surface area (Å²) in [6, 6.07) is 6.05. The van der Waals surface area contributed by atoms with E-state index >= 15 is 0 Å². The molecular formula is C13H13BrFN3O. The molecule has 0 bridgehead atoms. The van der Waals surface area contributed by atoms with Crippen LogP contribution in [0.15, 0.2) is 41.1 Å². The summed E-state index contributed by atoms with van der Waals surface area (Å²) in [5.41, 5.74) is 0.437. The number of hydrogen-bond acceptors (Lipinski definition) is 2. The van der Waals surface area contributed by atoms with Crippen LogP contribution in [0.4, 0.5) is 4.39 Å². The highest BCUT2D eigenvalue weighted by Gasteiger charge is 2.07. The second-order valence-corrected chi connectivity index (χ2v) is 4.86. The van der Waals surface area contributed by atoms with Crippen LogP contribution in [-0.2, 0) is 6.54 Å². The first kappa shape index (κ1) is 13.7. The number of nitrogens with zero attached hydrogens (tertiary/aromatic N) is 2. The maximum atomic E-state index is 13.0. The third-order valence-corrected chi connectivity index (χ3v) is 3.20. The van der Waals surface area contributed by atoms with Gasteiger partial charge in [0.05, 0.1) is 4.47 Å². The fraction of sp³-hybridized carbons (Fsp3) is 0.231. The van der Waals surface area contributed by atoms with Gasteiger partial charge in [0.15, 0.2) is 0 Å². The average Bonchev–Trinajstić information content (AvgIpc) is 2.91. The molecule has 2 rings (SSSR count). The summed E-state index contributed by atoms with van der Waals surface area (Å²) in [7, 11) is 0. The zero-order valence-corrected chi connectivity index (χ0v) is 11.7. The van der Waals surface area contributed by atoms with Gasteiger partial charge in [-0.15, -0.1) is 0 Å². The van der Waals surface area contributed by atoms with E-state index in [0.29, 0.717) is 12.1 Å². The van der Waals surface area contributed by atoms with E-state index in [1.807, 2.05) is 12.3 Å². The largest absolute Gasteiger partial charge is 0.352 e. The molecule has 0 fully saturated rings. The van der Waals surface area contributed by atoms with Gasteiger partial charge >= 0.3 is 0 Å². The number of benzene rings is 1. The van der Waals surface area contributed by atoms with E-state index in [1.165, 1.54) is 18.2 Å². The van der Waals surface area contributed by atoms with Gasteiger partial charge in [-0.2, -0.15) is 5.10 Å². The highest BCUT2D eigenvalue weighted by atomic mass is 79.9. The number of carbonyl (C=O) groups excluding carboxylic acids is 1. The minimum Gasteiger partial charge on any atom is -0.352 e. The quantitative estimate of drug-likeness (QED) is 0.859. The molecule has 100 valence electrons. The lowest BCUT2D eigenvalue weighted by Crippen LogP contribution is -2.25. The van der Waals surface area contributed by atoms with Crippen LogP contribution in [0.3, 0.4) is 0 Å². The summed E-state index contributed by atoms with van der Waals surface area (Å²) < 4.78 is 15.1. The van der Waals surface area contributed by atoms with Crippen molar-refractivity contribution in [1.82, 2.24) is 15.1 Å². The Kier molecular flexibility index (Phi) is 4.68. The summed E-state index contributed by atoms with van der Waals surface area (Å²) in [5, 5.41) is 6.85. The van der Waals surface area contributed by atoms with Crippen LogP contribution in [-0.4, -0.2) is 22.2 Å². The van der Waals surface area contributed by atoms with Crippen LogP contribution >= 0.6 is 15.9 Å². The Balaban J connectivity index is 1.79. The lowest BCUT2D eigenvalue weighted by molar-refractivity contribution is 0.0952. The number of aryl methyl sites for hydroxylation is 1. The van der Waals surface area contributed by atoms with Gasteiger partial charge in [0.2, 0.25) is 0 Å². The fourth-order valence-electron chi connectivity index (χ4n) is 1.62. The molecule has 1 amide bonds. The highest BCUT2D eigenvalue weighted by Crippen LogP contribution is 2.16. The predicted octanol–water partition coefficient (Wildman–Crippen LogP) is 2.60. The zero-order valence-electron chi connectivity index (χ0n) is 10.1. The van der Waals surface area contributed by atoms with Crippen molar-refractivity contribution < 1.29 is 9.18 Å². The average molecular weight is 326 g/mol. The Morgan fingerprint density at radius 1 is 1.47 bits per heavy atom. The first-order chi connectivity index (χ1) is 9.16. The molecule has 0 saturated heterocycles. The summed E-state index contributed by atoms with van der Waals surface area (Å²) >= 11 is 3.06. The zero-order chi connectivity index (χ0) is 13.7. The first-order valence-corrected chi connectivity index (χ1v) is 6.67. The minimum atomic E-state index is -0.379. The molecule has 0 spiro atoms.